The lowest BCUT2D eigenvalue weighted by molar-refractivity contribution is 0.601. The van der Waals surface area contributed by atoms with Crippen molar-refractivity contribution in [3.63, 3.8) is 0 Å². The van der Waals surface area contributed by atoms with Crippen LogP contribution in [-0.2, 0) is 10.0 Å². The minimum atomic E-state index is -3.61. The average Bonchev–Trinajstić information content (AvgIpc) is 2.89. The number of rotatable bonds is 6. The Hall–Kier alpha value is -1.67. The third kappa shape index (κ3) is 3.65. The predicted octanol–water partition coefficient (Wildman–Crippen LogP) is 2.16. The first kappa shape index (κ1) is 13.8. The minimum absolute atomic E-state index is 0.163. The van der Waals surface area contributed by atoms with Gasteiger partial charge in [0.1, 0.15) is 5.82 Å². The van der Waals surface area contributed by atoms with Crippen molar-refractivity contribution in [2.24, 2.45) is 0 Å². The molecule has 0 unspecified atom stereocenters. The molecule has 2 rings (SSSR count). The first-order chi connectivity index (χ1) is 9.12. The van der Waals surface area contributed by atoms with Gasteiger partial charge in [0.05, 0.1) is 4.90 Å². The average molecular weight is 298 g/mol. The fourth-order valence-corrected chi connectivity index (χ4v) is 3.18. The second kappa shape index (κ2) is 5.98. The van der Waals surface area contributed by atoms with Crippen molar-refractivity contribution in [1.29, 1.82) is 0 Å². The van der Waals surface area contributed by atoms with Crippen molar-refractivity contribution in [1.82, 2.24) is 9.97 Å². The Balaban J connectivity index is 2.20. The molecular weight excluding hydrogens is 284 g/mol. The maximum absolute atomic E-state index is 12.1. The molecule has 2 aromatic rings. The SMILES string of the molecule is CCCNc1cc(S(=O)(=O)Nc2nccs2)ccn1. The summed E-state index contributed by atoms with van der Waals surface area (Å²) in [6.45, 7) is 2.77. The van der Waals surface area contributed by atoms with Crippen LogP contribution in [0.1, 0.15) is 13.3 Å². The molecule has 102 valence electrons. The van der Waals surface area contributed by atoms with Gasteiger partial charge in [-0.15, -0.1) is 11.3 Å². The molecule has 0 aliphatic rings. The molecule has 0 saturated carbocycles. The Morgan fingerprint density at radius 1 is 1.32 bits per heavy atom. The molecule has 0 spiro atoms. The van der Waals surface area contributed by atoms with E-state index in [0.717, 1.165) is 13.0 Å². The summed E-state index contributed by atoms with van der Waals surface area (Å²) in [7, 11) is -3.61. The lowest BCUT2D eigenvalue weighted by atomic mass is 10.4. The van der Waals surface area contributed by atoms with Gasteiger partial charge in [-0.25, -0.2) is 18.4 Å². The van der Waals surface area contributed by atoms with Crippen LogP contribution >= 0.6 is 11.3 Å². The van der Waals surface area contributed by atoms with E-state index >= 15 is 0 Å². The number of aromatic nitrogens is 2. The van der Waals surface area contributed by atoms with Crippen LogP contribution in [0, 0.1) is 0 Å². The monoisotopic (exact) mass is 298 g/mol. The molecule has 0 fully saturated rings. The quantitative estimate of drug-likeness (QED) is 0.853. The summed E-state index contributed by atoms with van der Waals surface area (Å²) >= 11 is 1.23. The Kier molecular flexibility index (Phi) is 4.33. The van der Waals surface area contributed by atoms with Crippen LogP contribution in [0.25, 0.3) is 0 Å². The number of nitrogens with zero attached hydrogens (tertiary/aromatic N) is 2. The standard InChI is InChI=1S/C11H14N4O2S2/c1-2-4-12-10-8-9(3-5-13-10)19(16,17)15-11-14-6-7-18-11/h3,5-8H,2,4H2,1H3,(H,12,13)(H,14,15). The molecule has 2 N–H and O–H groups in total. The highest BCUT2D eigenvalue weighted by Crippen LogP contribution is 2.19. The zero-order valence-corrected chi connectivity index (χ0v) is 12.0. The molecule has 8 heteroatoms. The van der Waals surface area contributed by atoms with E-state index in [1.165, 1.54) is 29.7 Å². The predicted molar refractivity (Wildman–Crippen MR) is 75.9 cm³/mol. The number of thiazole rings is 1. The molecule has 19 heavy (non-hydrogen) atoms. The van der Waals surface area contributed by atoms with E-state index in [-0.39, 0.29) is 4.90 Å². The van der Waals surface area contributed by atoms with Gasteiger partial charge < -0.3 is 5.32 Å². The summed E-state index contributed by atoms with van der Waals surface area (Å²) in [4.78, 5) is 8.13. The largest absolute Gasteiger partial charge is 0.370 e. The number of pyridine rings is 1. The molecule has 0 aliphatic heterocycles. The van der Waals surface area contributed by atoms with Gasteiger partial charge >= 0.3 is 0 Å². The fraction of sp³-hybridized carbons (Fsp3) is 0.273. The van der Waals surface area contributed by atoms with Crippen LogP contribution in [0.5, 0.6) is 0 Å². The lowest BCUT2D eigenvalue weighted by Gasteiger charge is -2.07. The zero-order chi connectivity index (χ0) is 13.7. The fourth-order valence-electron chi connectivity index (χ4n) is 1.38. The van der Waals surface area contributed by atoms with Crippen LogP contribution in [0.15, 0.2) is 34.8 Å². The van der Waals surface area contributed by atoms with Gasteiger partial charge in [-0.3, -0.25) is 4.72 Å². The van der Waals surface area contributed by atoms with Crippen LogP contribution in [0.4, 0.5) is 10.9 Å². The van der Waals surface area contributed by atoms with Crippen LogP contribution in [0.3, 0.4) is 0 Å². The smallest absolute Gasteiger partial charge is 0.263 e. The summed E-state index contributed by atoms with van der Waals surface area (Å²) in [5, 5.41) is 5.10. The highest BCUT2D eigenvalue weighted by molar-refractivity contribution is 7.93. The van der Waals surface area contributed by atoms with Crippen LogP contribution in [0.2, 0.25) is 0 Å². The summed E-state index contributed by atoms with van der Waals surface area (Å²) in [6, 6.07) is 2.96. The molecular formula is C11H14N4O2S2. The van der Waals surface area contributed by atoms with E-state index in [0.29, 0.717) is 10.9 Å². The third-order valence-electron chi connectivity index (χ3n) is 2.25. The zero-order valence-electron chi connectivity index (χ0n) is 10.3. The number of anilines is 2. The number of hydrogen-bond acceptors (Lipinski definition) is 6. The van der Waals surface area contributed by atoms with E-state index in [2.05, 4.69) is 20.0 Å². The molecule has 0 atom stereocenters. The second-order valence-electron chi connectivity index (χ2n) is 3.75. The molecule has 0 radical (unpaired) electrons. The normalized spacial score (nSPS) is 11.2. The molecule has 0 aliphatic carbocycles. The van der Waals surface area contributed by atoms with E-state index in [4.69, 9.17) is 0 Å². The van der Waals surface area contributed by atoms with Crippen molar-refractivity contribution in [2.75, 3.05) is 16.6 Å². The molecule has 6 nitrogen and oxygen atoms in total. The Labute approximate surface area is 116 Å². The molecule has 0 saturated heterocycles. The van der Waals surface area contributed by atoms with Crippen molar-refractivity contribution in [2.45, 2.75) is 18.2 Å². The van der Waals surface area contributed by atoms with Gasteiger partial charge in [0, 0.05) is 30.4 Å². The van der Waals surface area contributed by atoms with E-state index in [1.54, 1.807) is 11.6 Å². The van der Waals surface area contributed by atoms with Crippen molar-refractivity contribution >= 4 is 32.3 Å². The van der Waals surface area contributed by atoms with Crippen molar-refractivity contribution in [3.05, 3.63) is 29.9 Å². The summed E-state index contributed by atoms with van der Waals surface area (Å²) in [5.41, 5.74) is 0. The molecule has 0 aromatic carbocycles. The first-order valence-electron chi connectivity index (χ1n) is 5.74. The third-order valence-corrected chi connectivity index (χ3v) is 4.41. The highest BCUT2D eigenvalue weighted by atomic mass is 32.2. The molecule has 2 heterocycles. The Morgan fingerprint density at radius 3 is 2.84 bits per heavy atom. The maximum Gasteiger partial charge on any atom is 0.263 e. The van der Waals surface area contributed by atoms with Crippen LogP contribution in [-0.4, -0.2) is 24.9 Å². The van der Waals surface area contributed by atoms with E-state index in [1.807, 2.05) is 6.92 Å². The summed E-state index contributed by atoms with van der Waals surface area (Å²) in [6.07, 6.45) is 3.95. The topological polar surface area (TPSA) is 84.0 Å². The van der Waals surface area contributed by atoms with Crippen molar-refractivity contribution in [3.8, 4) is 0 Å². The first-order valence-corrected chi connectivity index (χ1v) is 8.10. The van der Waals surface area contributed by atoms with Crippen molar-refractivity contribution < 1.29 is 8.42 Å². The van der Waals surface area contributed by atoms with E-state index in [9.17, 15) is 8.42 Å². The second-order valence-corrected chi connectivity index (χ2v) is 6.32. The van der Waals surface area contributed by atoms with E-state index < -0.39 is 10.0 Å². The highest BCUT2D eigenvalue weighted by Gasteiger charge is 2.16. The number of hydrogen-bond donors (Lipinski definition) is 2. The lowest BCUT2D eigenvalue weighted by Crippen LogP contribution is -2.13. The molecule has 2 aromatic heterocycles. The van der Waals surface area contributed by atoms with Gasteiger partial charge in [-0.2, -0.15) is 0 Å². The van der Waals surface area contributed by atoms with Gasteiger partial charge in [0.2, 0.25) is 0 Å². The van der Waals surface area contributed by atoms with Gasteiger partial charge in [0.15, 0.2) is 5.13 Å². The number of sulfonamides is 1. The summed E-state index contributed by atoms with van der Waals surface area (Å²) < 4.78 is 26.7. The Morgan fingerprint density at radius 2 is 2.16 bits per heavy atom. The molecule has 0 bridgehead atoms. The van der Waals surface area contributed by atoms with Gasteiger partial charge in [0.25, 0.3) is 10.0 Å². The van der Waals surface area contributed by atoms with Gasteiger partial charge in [-0.1, -0.05) is 6.92 Å². The minimum Gasteiger partial charge on any atom is -0.370 e. The molecule has 0 amide bonds. The Bertz CT molecular complexity index is 626. The maximum atomic E-state index is 12.1. The van der Waals surface area contributed by atoms with Crippen LogP contribution < -0.4 is 10.0 Å². The number of nitrogens with one attached hydrogen (secondary N) is 2. The van der Waals surface area contributed by atoms with Gasteiger partial charge in [-0.05, 0) is 12.5 Å². The summed E-state index contributed by atoms with van der Waals surface area (Å²) in [5.74, 6) is 0.545.